The second kappa shape index (κ2) is 5.52. The number of nitrogens with two attached hydrogens (primary N) is 1. The Labute approximate surface area is 132 Å². The van der Waals surface area contributed by atoms with E-state index < -0.39 is 0 Å². The molecule has 1 aliphatic rings. The highest BCUT2D eigenvalue weighted by Gasteiger charge is 2.38. The van der Waals surface area contributed by atoms with Crippen molar-refractivity contribution in [1.29, 1.82) is 0 Å². The Hall–Kier alpha value is -1.23. The second-order valence-electron chi connectivity index (χ2n) is 7.84. The molecule has 0 amide bonds. The molecule has 0 unspecified atom stereocenters. The number of nitrogens with one attached hydrogen (secondary N) is 1. The smallest absolute Gasteiger partial charge is 0.223 e. The average Bonchev–Trinajstić information content (AvgIpc) is 2.22. The summed E-state index contributed by atoms with van der Waals surface area (Å²) >= 11 is 5.02. The van der Waals surface area contributed by atoms with Crippen LogP contribution in [0.5, 0.6) is 0 Å². The van der Waals surface area contributed by atoms with Crippen LogP contribution in [0, 0.1) is 17.8 Å². The van der Waals surface area contributed by atoms with Crippen LogP contribution in [-0.2, 0) is 0 Å². The minimum Gasteiger partial charge on any atom is -0.388 e. The number of anilines is 1. The lowest BCUT2D eigenvalue weighted by Gasteiger charge is -2.45. The quantitative estimate of drug-likeness (QED) is 0.838. The summed E-state index contributed by atoms with van der Waals surface area (Å²) < 4.78 is 0. The minimum atomic E-state index is 0.313. The molecule has 0 aliphatic heterocycles. The number of rotatable bonds is 3. The Balaban J connectivity index is 2.19. The Bertz CT molecular complexity index is 535. The van der Waals surface area contributed by atoms with Gasteiger partial charge in [0.25, 0.3) is 0 Å². The van der Waals surface area contributed by atoms with Crippen molar-refractivity contribution in [2.45, 2.75) is 59.9 Å². The van der Waals surface area contributed by atoms with Crippen LogP contribution in [-0.4, -0.2) is 21.0 Å². The van der Waals surface area contributed by atoms with Crippen molar-refractivity contribution in [2.75, 3.05) is 5.32 Å². The summed E-state index contributed by atoms with van der Waals surface area (Å²) in [6.45, 7) is 11.3. The van der Waals surface area contributed by atoms with Gasteiger partial charge in [-0.25, -0.2) is 9.97 Å². The molecule has 0 saturated heterocycles. The molecule has 3 N–H and O–H groups in total. The van der Waals surface area contributed by atoms with Gasteiger partial charge in [-0.2, -0.15) is 0 Å². The summed E-state index contributed by atoms with van der Waals surface area (Å²) in [5, 5.41) is 3.49. The van der Waals surface area contributed by atoms with E-state index in [1.54, 1.807) is 0 Å². The Morgan fingerprint density at radius 1 is 1.24 bits per heavy atom. The molecule has 1 aromatic heterocycles. The molecule has 1 heterocycles. The average molecular weight is 306 g/mol. The number of aromatic nitrogens is 2. The molecule has 0 spiro atoms. The highest BCUT2D eigenvalue weighted by molar-refractivity contribution is 7.80. The van der Waals surface area contributed by atoms with E-state index in [1.807, 2.05) is 13.0 Å². The minimum absolute atomic E-state index is 0.313. The number of hydrogen-bond donors (Lipinski definition) is 2. The topological polar surface area (TPSA) is 63.8 Å². The van der Waals surface area contributed by atoms with Crippen LogP contribution >= 0.6 is 12.2 Å². The fraction of sp³-hybridized carbons (Fsp3) is 0.688. The van der Waals surface area contributed by atoms with Gasteiger partial charge in [0.05, 0.1) is 0 Å². The highest BCUT2D eigenvalue weighted by Crippen LogP contribution is 2.46. The van der Waals surface area contributed by atoms with E-state index in [-0.39, 0.29) is 0 Å². The molecule has 5 heteroatoms. The third kappa shape index (κ3) is 4.37. The van der Waals surface area contributed by atoms with Crippen LogP contribution in [0.25, 0.3) is 0 Å². The molecule has 1 saturated carbocycles. The van der Waals surface area contributed by atoms with E-state index in [9.17, 15) is 0 Å². The summed E-state index contributed by atoms with van der Waals surface area (Å²) in [5.74, 6) is 0.635. The molecule has 21 heavy (non-hydrogen) atoms. The van der Waals surface area contributed by atoms with Crippen LogP contribution in [0.3, 0.4) is 0 Å². The molecular formula is C16H26N4S. The van der Waals surface area contributed by atoms with Crippen LogP contribution in [0.1, 0.15) is 58.3 Å². The molecular weight excluding hydrogens is 280 g/mol. The molecule has 116 valence electrons. The van der Waals surface area contributed by atoms with Crippen LogP contribution in [0.4, 0.5) is 5.95 Å². The number of hydrogen-bond acceptors (Lipinski definition) is 4. The standard InChI is InChI=1S/C16H26N4S/c1-10-6-12(13(17)21)20-14(18-10)19-11-7-15(2,3)9-16(4,5)8-11/h6,11H,7-9H2,1-5H3,(H2,17,21)(H,18,19,20). The first-order valence-electron chi connectivity index (χ1n) is 7.48. The van der Waals surface area contributed by atoms with Crippen LogP contribution in [0.2, 0.25) is 0 Å². The zero-order valence-corrected chi connectivity index (χ0v) is 14.5. The summed E-state index contributed by atoms with van der Waals surface area (Å²) in [7, 11) is 0. The summed E-state index contributed by atoms with van der Waals surface area (Å²) in [6.07, 6.45) is 3.48. The van der Waals surface area contributed by atoms with E-state index in [0.717, 1.165) is 18.5 Å². The zero-order chi connectivity index (χ0) is 15.8. The lowest BCUT2D eigenvalue weighted by Crippen LogP contribution is -2.40. The summed E-state index contributed by atoms with van der Waals surface area (Å²) in [6, 6.07) is 2.20. The molecule has 0 atom stereocenters. The van der Waals surface area contributed by atoms with Gasteiger partial charge in [-0.1, -0.05) is 39.9 Å². The molecule has 0 bridgehead atoms. The molecule has 2 rings (SSSR count). The SMILES string of the molecule is Cc1cc(C(N)=S)nc(NC2CC(C)(C)CC(C)(C)C2)n1. The van der Waals surface area contributed by atoms with Crippen molar-refractivity contribution >= 4 is 23.2 Å². The van der Waals surface area contributed by atoms with Crippen molar-refractivity contribution in [3.05, 3.63) is 17.5 Å². The van der Waals surface area contributed by atoms with E-state index in [2.05, 4.69) is 43.0 Å². The lowest BCUT2D eigenvalue weighted by molar-refractivity contribution is 0.105. The lowest BCUT2D eigenvalue weighted by atomic mass is 9.63. The number of nitrogens with zero attached hydrogens (tertiary/aromatic N) is 2. The van der Waals surface area contributed by atoms with Gasteiger partial charge in [0.1, 0.15) is 10.7 Å². The van der Waals surface area contributed by atoms with Crippen molar-refractivity contribution in [3.8, 4) is 0 Å². The Kier molecular flexibility index (Phi) is 4.24. The first-order chi connectivity index (χ1) is 9.56. The van der Waals surface area contributed by atoms with Crippen molar-refractivity contribution in [2.24, 2.45) is 16.6 Å². The monoisotopic (exact) mass is 306 g/mol. The van der Waals surface area contributed by atoms with Gasteiger partial charge in [-0.05, 0) is 43.1 Å². The third-order valence-corrected chi connectivity index (χ3v) is 4.20. The zero-order valence-electron chi connectivity index (χ0n) is 13.7. The maximum absolute atomic E-state index is 5.68. The largest absolute Gasteiger partial charge is 0.388 e. The maximum atomic E-state index is 5.68. The van der Waals surface area contributed by atoms with E-state index in [0.29, 0.717) is 33.5 Å². The van der Waals surface area contributed by atoms with E-state index in [1.165, 1.54) is 6.42 Å². The molecule has 1 aromatic rings. The van der Waals surface area contributed by atoms with Gasteiger partial charge in [0, 0.05) is 11.7 Å². The third-order valence-electron chi connectivity index (χ3n) is 3.99. The predicted molar refractivity (Wildman–Crippen MR) is 91.5 cm³/mol. The molecule has 0 radical (unpaired) electrons. The van der Waals surface area contributed by atoms with E-state index in [4.69, 9.17) is 18.0 Å². The van der Waals surface area contributed by atoms with Gasteiger partial charge < -0.3 is 11.1 Å². The van der Waals surface area contributed by atoms with Crippen LogP contribution < -0.4 is 11.1 Å². The highest BCUT2D eigenvalue weighted by atomic mass is 32.1. The van der Waals surface area contributed by atoms with Gasteiger partial charge in [0.2, 0.25) is 5.95 Å². The van der Waals surface area contributed by atoms with Crippen molar-refractivity contribution in [1.82, 2.24) is 9.97 Å². The molecule has 0 aromatic carbocycles. The fourth-order valence-electron chi connectivity index (χ4n) is 3.89. The predicted octanol–water partition coefficient (Wildman–Crippen LogP) is 3.44. The van der Waals surface area contributed by atoms with Crippen molar-refractivity contribution < 1.29 is 0 Å². The Morgan fingerprint density at radius 2 is 1.81 bits per heavy atom. The number of thiocarbonyl (C=S) groups is 1. The van der Waals surface area contributed by atoms with Gasteiger partial charge in [-0.15, -0.1) is 0 Å². The summed E-state index contributed by atoms with van der Waals surface area (Å²) in [5.41, 5.74) is 7.85. The second-order valence-corrected chi connectivity index (χ2v) is 8.28. The maximum Gasteiger partial charge on any atom is 0.223 e. The number of aryl methyl sites for hydroxylation is 1. The molecule has 1 aliphatic carbocycles. The van der Waals surface area contributed by atoms with E-state index >= 15 is 0 Å². The fourth-order valence-corrected chi connectivity index (χ4v) is 3.99. The van der Waals surface area contributed by atoms with Gasteiger partial charge in [-0.3, -0.25) is 0 Å². The van der Waals surface area contributed by atoms with Crippen molar-refractivity contribution in [3.63, 3.8) is 0 Å². The van der Waals surface area contributed by atoms with Gasteiger partial charge >= 0.3 is 0 Å². The van der Waals surface area contributed by atoms with Crippen LogP contribution in [0.15, 0.2) is 6.07 Å². The normalized spacial score (nSPS) is 21.0. The first-order valence-corrected chi connectivity index (χ1v) is 7.89. The molecule has 4 nitrogen and oxygen atoms in total. The Morgan fingerprint density at radius 3 is 2.33 bits per heavy atom. The summed E-state index contributed by atoms with van der Waals surface area (Å²) in [4.78, 5) is 9.22. The van der Waals surface area contributed by atoms with Gasteiger partial charge in [0.15, 0.2) is 0 Å². The molecule has 1 fully saturated rings. The first kappa shape index (κ1) is 16.1.